The molecule has 0 radical (unpaired) electrons. The molecule has 0 bridgehead atoms. The van der Waals surface area contributed by atoms with Crippen LogP contribution in [-0.2, 0) is 0 Å². The SMILES string of the molecule is CC(C)NC(=O)Nc1ccc(C(=O)NCCNC(=O)c2ccc(Cl)cc2)cc1. The Labute approximate surface area is 168 Å². The number of amides is 4. The molecular weight excluding hydrogens is 380 g/mol. The van der Waals surface area contributed by atoms with E-state index >= 15 is 0 Å². The summed E-state index contributed by atoms with van der Waals surface area (Å²) in [6, 6.07) is 12.8. The van der Waals surface area contributed by atoms with Gasteiger partial charge in [-0.3, -0.25) is 9.59 Å². The monoisotopic (exact) mass is 402 g/mol. The van der Waals surface area contributed by atoms with Crippen LogP contribution in [0.2, 0.25) is 5.02 Å². The Balaban J connectivity index is 1.74. The minimum Gasteiger partial charge on any atom is -0.350 e. The third kappa shape index (κ3) is 6.92. The second kappa shape index (κ2) is 10.3. The Bertz CT molecular complexity index is 820. The van der Waals surface area contributed by atoms with Crippen LogP contribution < -0.4 is 21.3 Å². The maximum absolute atomic E-state index is 12.1. The van der Waals surface area contributed by atoms with Crippen molar-refractivity contribution in [1.82, 2.24) is 16.0 Å². The predicted octanol–water partition coefficient (Wildman–Crippen LogP) is 3.03. The summed E-state index contributed by atoms with van der Waals surface area (Å²) in [5.74, 6) is -0.500. The lowest BCUT2D eigenvalue weighted by molar-refractivity contribution is 0.0927. The smallest absolute Gasteiger partial charge is 0.319 e. The fourth-order valence-corrected chi connectivity index (χ4v) is 2.42. The first kappa shape index (κ1) is 21.2. The number of hydrogen-bond acceptors (Lipinski definition) is 3. The number of carbonyl (C=O) groups excluding carboxylic acids is 3. The number of benzene rings is 2. The van der Waals surface area contributed by atoms with Gasteiger partial charge in [-0.1, -0.05) is 11.6 Å². The first-order valence-corrected chi connectivity index (χ1v) is 9.22. The second-order valence-electron chi connectivity index (χ2n) is 6.35. The lowest BCUT2D eigenvalue weighted by atomic mass is 10.2. The predicted molar refractivity (Wildman–Crippen MR) is 110 cm³/mol. The lowest BCUT2D eigenvalue weighted by Crippen LogP contribution is -2.35. The summed E-state index contributed by atoms with van der Waals surface area (Å²) in [4.78, 5) is 35.7. The zero-order chi connectivity index (χ0) is 20.5. The number of halogens is 1. The van der Waals surface area contributed by atoms with Crippen LogP contribution in [0.5, 0.6) is 0 Å². The van der Waals surface area contributed by atoms with E-state index in [2.05, 4.69) is 21.3 Å². The average Bonchev–Trinajstić information content (AvgIpc) is 2.65. The zero-order valence-corrected chi connectivity index (χ0v) is 16.5. The van der Waals surface area contributed by atoms with E-state index in [1.54, 1.807) is 48.5 Å². The molecule has 2 aromatic carbocycles. The van der Waals surface area contributed by atoms with Crippen LogP contribution in [0.1, 0.15) is 34.6 Å². The highest BCUT2D eigenvalue weighted by Crippen LogP contribution is 2.10. The summed E-state index contributed by atoms with van der Waals surface area (Å²) in [7, 11) is 0. The third-order valence-electron chi connectivity index (χ3n) is 3.63. The molecule has 4 amide bonds. The van der Waals surface area contributed by atoms with Crippen molar-refractivity contribution < 1.29 is 14.4 Å². The first-order chi connectivity index (χ1) is 13.3. The minimum atomic E-state index is -0.302. The molecule has 0 aromatic heterocycles. The van der Waals surface area contributed by atoms with Crippen molar-refractivity contribution >= 4 is 35.1 Å². The molecule has 0 unspecified atom stereocenters. The maximum atomic E-state index is 12.1. The van der Waals surface area contributed by atoms with E-state index < -0.39 is 0 Å². The van der Waals surface area contributed by atoms with E-state index in [0.29, 0.717) is 28.4 Å². The van der Waals surface area contributed by atoms with Gasteiger partial charge in [-0.25, -0.2) is 4.79 Å². The van der Waals surface area contributed by atoms with Crippen LogP contribution in [0.25, 0.3) is 0 Å². The van der Waals surface area contributed by atoms with Gasteiger partial charge in [-0.05, 0) is 62.4 Å². The summed E-state index contributed by atoms with van der Waals surface area (Å²) in [5, 5.41) is 11.4. The zero-order valence-electron chi connectivity index (χ0n) is 15.7. The van der Waals surface area contributed by atoms with E-state index in [9.17, 15) is 14.4 Å². The van der Waals surface area contributed by atoms with Crippen molar-refractivity contribution in [1.29, 1.82) is 0 Å². The van der Waals surface area contributed by atoms with E-state index in [4.69, 9.17) is 11.6 Å². The molecule has 0 atom stereocenters. The number of rotatable bonds is 7. The topological polar surface area (TPSA) is 99.3 Å². The molecule has 0 heterocycles. The maximum Gasteiger partial charge on any atom is 0.319 e. The molecule has 0 aliphatic rings. The van der Waals surface area contributed by atoms with Crippen molar-refractivity contribution in [3.05, 3.63) is 64.7 Å². The number of nitrogens with one attached hydrogen (secondary N) is 4. The fraction of sp³-hybridized carbons (Fsp3) is 0.250. The summed E-state index contributed by atoms with van der Waals surface area (Å²) in [6.45, 7) is 4.31. The lowest BCUT2D eigenvalue weighted by Gasteiger charge is -2.11. The molecule has 0 fully saturated rings. The van der Waals surface area contributed by atoms with Crippen molar-refractivity contribution in [3.63, 3.8) is 0 Å². The Morgan fingerprint density at radius 2 is 1.29 bits per heavy atom. The molecule has 0 saturated carbocycles. The van der Waals surface area contributed by atoms with Gasteiger partial charge in [0.05, 0.1) is 0 Å². The number of hydrogen-bond donors (Lipinski definition) is 4. The quantitative estimate of drug-likeness (QED) is 0.535. The number of carbonyl (C=O) groups is 3. The number of urea groups is 1. The molecule has 2 aromatic rings. The van der Waals surface area contributed by atoms with Gasteiger partial charge in [0, 0.05) is 41.0 Å². The van der Waals surface area contributed by atoms with E-state index in [-0.39, 0.29) is 30.4 Å². The van der Waals surface area contributed by atoms with Gasteiger partial charge in [-0.15, -0.1) is 0 Å². The average molecular weight is 403 g/mol. The summed E-state index contributed by atoms with van der Waals surface area (Å²) < 4.78 is 0. The Morgan fingerprint density at radius 1 is 0.821 bits per heavy atom. The second-order valence-corrected chi connectivity index (χ2v) is 6.79. The molecule has 4 N–H and O–H groups in total. The molecule has 7 nitrogen and oxygen atoms in total. The van der Waals surface area contributed by atoms with Gasteiger partial charge in [0.25, 0.3) is 11.8 Å². The van der Waals surface area contributed by atoms with Crippen LogP contribution in [0.4, 0.5) is 10.5 Å². The molecule has 0 spiro atoms. The van der Waals surface area contributed by atoms with Gasteiger partial charge >= 0.3 is 6.03 Å². The Kier molecular flexibility index (Phi) is 7.83. The highest BCUT2D eigenvalue weighted by Gasteiger charge is 2.08. The molecule has 0 aliphatic heterocycles. The summed E-state index contributed by atoms with van der Waals surface area (Å²) >= 11 is 5.79. The molecule has 8 heteroatoms. The summed E-state index contributed by atoms with van der Waals surface area (Å²) in [5.41, 5.74) is 1.55. The van der Waals surface area contributed by atoms with Gasteiger partial charge in [0.1, 0.15) is 0 Å². The largest absolute Gasteiger partial charge is 0.350 e. The molecule has 148 valence electrons. The first-order valence-electron chi connectivity index (χ1n) is 8.84. The van der Waals surface area contributed by atoms with Gasteiger partial charge in [0.15, 0.2) is 0 Å². The highest BCUT2D eigenvalue weighted by atomic mass is 35.5. The molecule has 2 rings (SSSR count). The van der Waals surface area contributed by atoms with E-state index in [1.807, 2.05) is 13.8 Å². The van der Waals surface area contributed by atoms with Crippen LogP contribution >= 0.6 is 11.6 Å². The van der Waals surface area contributed by atoms with Crippen LogP contribution in [0, 0.1) is 0 Å². The fourth-order valence-electron chi connectivity index (χ4n) is 2.29. The van der Waals surface area contributed by atoms with Gasteiger partial charge in [0.2, 0.25) is 0 Å². The molecule has 28 heavy (non-hydrogen) atoms. The minimum absolute atomic E-state index is 0.0326. The molecule has 0 aliphatic carbocycles. The normalized spacial score (nSPS) is 10.3. The van der Waals surface area contributed by atoms with Gasteiger partial charge in [-0.2, -0.15) is 0 Å². The molecule has 0 saturated heterocycles. The van der Waals surface area contributed by atoms with E-state index in [1.165, 1.54) is 0 Å². The van der Waals surface area contributed by atoms with Crippen LogP contribution in [0.3, 0.4) is 0 Å². The van der Waals surface area contributed by atoms with Crippen LogP contribution in [0.15, 0.2) is 48.5 Å². The van der Waals surface area contributed by atoms with Crippen molar-refractivity contribution in [3.8, 4) is 0 Å². The summed E-state index contributed by atoms with van der Waals surface area (Å²) in [6.07, 6.45) is 0. The highest BCUT2D eigenvalue weighted by molar-refractivity contribution is 6.30. The Morgan fingerprint density at radius 3 is 1.75 bits per heavy atom. The van der Waals surface area contributed by atoms with Crippen molar-refractivity contribution in [2.24, 2.45) is 0 Å². The van der Waals surface area contributed by atoms with Crippen molar-refractivity contribution in [2.45, 2.75) is 19.9 Å². The standard InChI is InChI=1S/C20H23ClN4O3/c1-13(2)24-20(28)25-17-9-5-15(6-10-17)19(27)23-12-11-22-18(26)14-3-7-16(21)8-4-14/h3-10,13H,11-12H2,1-2H3,(H,22,26)(H,23,27)(H2,24,25,28). The number of anilines is 1. The van der Waals surface area contributed by atoms with Crippen molar-refractivity contribution in [2.75, 3.05) is 18.4 Å². The van der Waals surface area contributed by atoms with Gasteiger partial charge < -0.3 is 21.3 Å². The Hall–Kier alpha value is -3.06. The van der Waals surface area contributed by atoms with E-state index in [0.717, 1.165) is 0 Å². The third-order valence-corrected chi connectivity index (χ3v) is 3.88. The van der Waals surface area contributed by atoms with Crippen LogP contribution in [-0.4, -0.2) is 37.0 Å². The molecular formula is C20H23ClN4O3.